The van der Waals surface area contributed by atoms with E-state index in [0.29, 0.717) is 29.9 Å². The van der Waals surface area contributed by atoms with Gasteiger partial charge in [-0.2, -0.15) is 4.31 Å². The Morgan fingerprint density at radius 1 is 1.25 bits per heavy atom. The van der Waals surface area contributed by atoms with Crippen molar-refractivity contribution in [2.75, 3.05) is 32.7 Å². The van der Waals surface area contributed by atoms with Gasteiger partial charge >= 0.3 is 0 Å². The number of rotatable bonds is 5. The molecule has 7 heteroatoms. The maximum absolute atomic E-state index is 12.6. The van der Waals surface area contributed by atoms with Crippen LogP contribution in [-0.2, 0) is 16.4 Å². The lowest BCUT2D eigenvalue weighted by atomic mass is 10.3. The van der Waals surface area contributed by atoms with E-state index < -0.39 is 10.0 Å². The molecule has 1 aromatic rings. The Hall–Kier alpha value is -0.470. The third-order valence-corrected chi connectivity index (χ3v) is 7.14. The van der Waals surface area contributed by atoms with Gasteiger partial charge in [-0.3, -0.25) is 4.90 Å². The average molecular weight is 317 g/mol. The van der Waals surface area contributed by atoms with Crippen molar-refractivity contribution in [3.05, 3.63) is 17.0 Å². The van der Waals surface area contributed by atoms with Crippen LogP contribution in [0.25, 0.3) is 0 Å². The molecule has 0 radical (unpaired) electrons. The lowest BCUT2D eigenvalue weighted by Gasteiger charge is -2.35. The van der Waals surface area contributed by atoms with E-state index in [0.717, 1.165) is 24.4 Å². The fourth-order valence-corrected chi connectivity index (χ4v) is 5.31. The van der Waals surface area contributed by atoms with Gasteiger partial charge in [0.1, 0.15) is 4.21 Å². The lowest BCUT2D eigenvalue weighted by Crippen LogP contribution is -2.50. The molecule has 0 aromatic carbocycles. The molecule has 2 heterocycles. The Balaban J connectivity index is 2.07. The molecule has 1 aliphatic rings. The number of piperazine rings is 1. The molecule has 0 spiro atoms. The van der Waals surface area contributed by atoms with Crippen LogP contribution in [0.5, 0.6) is 0 Å². The molecular formula is C13H23N3O2S2. The quantitative estimate of drug-likeness (QED) is 0.878. The second-order valence-electron chi connectivity index (χ2n) is 5.29. The summed E-state index contributed by atoms with van der Waals surface area (Å²) in [5.74, 6) is 0. The predicted molar refractivity (Wildman–Crippen MR) is 82.5 cm³/mol. The smallest absolute Gasteiger partial charge is 0.252 e. The van der Waals surface area contributed by atoms with Crippen molar-refractivity contribution < 1.29 is 8.42 Å². The first kappa shape index (κ1) is 15.9. The molecule has 2 rings (SSSR count). The predicted octanol–water partition coefficient (Wildman–Crippen LogP) is 0.964. The summed E-state index contributed by atoms with van der Waals surface area (Å²) in [5, 5.41) is 0. The second-order valence-corrected chi connectivity index (χ2v) is 8.63. The topological polar surface area (TPSA) is 66.6 Å². The van der Waals surface area contributed by atoms with Crippen molar-refractivity contribution in [3.63, 3.8) is 0 Å². The highest BCUT2D eigenvalue weighted by Crippen LogP contribution is 2.26. The molecule has 5 nitrogen and oxygen atoms in total. The Morgan fingerprint density at radius 3 is 2.45 bits per heavy atom. The number of sulfonamides is 1. The normalized spacial score (nSPS) is 18.8. The fourth-order valence-electron chi connectivity index (χ4n) is 2.36. The first-order valence-electron chi connectivity index (χ1n) is 6.98. The van der Waals surface area contributed by atoms with E-state index in [9.17, 15) is 8.42 Å². The molecule has 0 aliphatic carbocycles. The van der Waals surface area contributed by atoms with Gasteiger partial charge in [0.15, 0.2) is 0 Å². The summed E-state index contributed by atoms with van der Waals surface area (Å²) in [6.45, 7) is 7.59. The van der Waals surface area contributed by atoms with Crippen molar-refractivity contribution in [1.82, 2.24) is 9.21 Å². The molecule has 2 N–H and O–H groups in total. The van der Waals surface area contributed by atoms with Gasteiger partial charge in [-0.25, -0.2) is 8.42 Å². The third-order valence-electron chi connectivity index (χ3n) is 3.63. The van der Waals surface area contributed by atoms with E-state index in [4.69, 9.17) is 5.73 Å². The highest BCUT2D eigenvalue weighted by Gasteiger charge is 2.30. The molecular weight excluding hydrogens is 294 g/mol. The maximum Gasteiger partial charge on any atom is 0.252 e. The number of nitrogens with zero attached hydrogens (tertiary/aromatic N) is 2. The summed E-state index contributed by atoms with van der Waals surface area (Å²) in [7, 11) is -3.32. The van der Waals surface area contributed by atoms with Gasteiger partial charge in [-0.1, -0.05) is 0 Å². The summed E-state index contributed by atoms with van der Waals surface area (Å²) < 4.78 is 27.2. The highest BCUT2D eigenvalue weighted by atomic mass is 32.2. The van der Waals surface area contributed by atoms with Crippen LogP contribution in [0, 0.1) is 0 Å². The molecule has 1 saturated heterocycles. The lowest BCUT2D eigenvalue weighted by molar-refractivity contribution is 0.154. The van der Waals surface area contributed by atoms with Crippen LogP contribution in [0.4, 0.5) is 0 Å². The third kappa shape index (κ3) is 3.40. The molecule has 1 aliphatic heterocycles. The Bertz CT molecular complexity index is 532. The number of thiophene rings is 1. The van der Waals surface area contributed by atoms with Gasteiger partial charge in [-0.05, 0) is 38.9 Å². The van der Waals surface area contributed by atoms with Gasteiger partial charge in [0.25, 0.3) is 10.0 Å². The summed E-state index contributed by atoms with van der Waals surface area (Å²) in [5.41, 5.74) is 5.51. The van der Waals surface area contributed by atoms with Gasteiger partial charge in [0.05, 0.1) is 0 Å². The van der Waals surface area contributed by atoms with E-state index in [1.807, 2.05) is 6.07 Å². The van der Waals surface area contributed by atoms with Gasteiger partial charge in [0.2, 0.25) is 0 Å². The summed E-state index contributed by atoms with van der Waals surface area (Å²) in [6, 6.07) is 4.05. The van der Waals surface area contributed by atoms with E-state index in [-0.39, 0.29) is 0 Å². The van der Waals surface area contributed by atoms with Crippen molar-refractivity contribution in [2.45, 2.75) is 30.5 Å². The molecule has 1 fully saturated rings. The zero-order valence-corrected chi connectivity index (χ0v) is 13.7. The van der Waals surface area contributed by atoms with Crippen LogP contribution in [-0.4, -0.2) is 56.4 Å². The second kappa shape index (κ2) is 6.53. The largest absolute Gasteiger partial charge is 0.330 e. The van der Waals surface area contributed by atoms with Crippen LogP contribution in [0.15, 0.2) is 16.3 Å². The van der Waals surface area contributed by atoms with E-state index >= 15 is 0 Å². The Kier molecular flexibility index (Phi) is 5.19. The molecule has 0 saturated carbocycles. The molecule has 1 aromatic heterocycles. The number of nitrogens with two attached hydrogens (primary N) is 1. The fraction of sp³-hybridized carbons (Fsp3) is 0.692. The molecule has 114 valence electrons. The zero-order chi connectivity index (χ0) is 14.8. The van der Waals surface area contributed by atoms with E-state index in [1.165, 1.54) is 11.3 Å². The minimum Gasteiger partial charge on any atom is -0.330 e. The standard InChI is InChI=1S/C13H23N3O2S2/c1-11(2)15-7-9-16(10-8-15)20(17,18)13-4-3-12(19-13)5-6-14/h3-4,11H,5-10,14H2,1-2H3. The number of hydrogen-bond donors (Lipinski definition) is 1. The summed E-state index contributed by atoms with van der Waals surface area (Å²) >= 11 is 1.34. The van der Waals surface area contributed by atoms with Crippen LogP contribution in [0.1, 0.15) is 18.7 Å². The average Bonchev–Trinajstić information content (AvgIpc) is 2.88. The molecule has 0 unspecified atom stereocenters. The molecule has 0 amide bonds. The molecule has 20 heavy (non-hydrogen) atoms. The Labute approximate surface area is 125 Å². The first-order chi connectivity index (χ1) is 9.45. The molecule has 0 bridgehead atoms. The van der Waals surface area contributed by atoms with Crippen molar-refractivity contribution in [1.29, 1.82) is 0 Å². The number of hydrogen-bond acceptors (Lipinski definition) is 5. The Morgan fingerprint density at radius 2 is 1.90 bits per heavy atom. The van der Waals surface area contributed by atoms with Crippen LogP contribution in [0.3, 0.4) is 0 Å². The summed E-state index contributed by atoms with van der Waals surface area (Å²) in [6.07, 6.45) is 0.737. The van der Waals surface area contributed by atoms with Crippen molar-refractivity contribution >= 4 is 21.4 Å². The van der Waals surface area contributed by atoms with Gasteiger partial charge < -0.3 is 5.73 Å². The van der Waals surface area contributed by atoms with Gasteiger partial charge in [0, 0.05) is 37.1 Å². The van der Waals surface area contributed by atoms with Crippen LogP contribution < -0.4 is 5.73 Å². The van der Waals surface area contributed by atoms with Crippen molar-refractivity contribution in [3.8, 4) is 0 Å². The highest BCUT2D eigenvalue weighted by molar-refractivity contribution is 7.91. The maximum atomic E-state index is 12.6. The van der Waals surface area contributed by atoms with Gasteiger partial charge in [-0.15, -0.1) is 11.3 Å². The summed E-state index contributed by atoms with van der Waals surface area (Å²) in [4.78, 5) is 3.34. The minimum atomic E-state index is -3.32. The SMILES string of the molecule is CC(C)N1CCN(S(=O)(=O)c2ccc(CCN)s2)CC1. The van der Waals surface area contributed by atoms with E-state index in [2.05, 4.69) is 18.7 Å². The minimum absolute atomic E-state index is 0.443. The first-order valence-corrected chi connectivity index (χ1v) is 9.24. The zero-order valence-electron chi connectivity index (χ0n) is 12.1. The molecule has 0 atom stereocenters. The van der Waals surface area contributed by atoms with Crippen LogP contribution >= 0.6 is 11.3 Å². The van der Waals surface area contributed by atoms with E-state index in [1.54, 1.807) is 10.4 Å². The van der Waals surface area contributed by atoms with Crippen molar-refractivity contribution in [2.24, 2.45) is 5.73 Å². The monoisotopic (exact) mass is 317 g/mol. The van der Waals surface area contributed by atoms with Crippen LogP contribution in [0.2, 0.25) is 0 Å².